The Labute approximate surface area is 120 Å². The van der Waals surface area contributed by atoms with E-state index in [0.29, 0.717) is 0 Å². The normalized spacial score (nSPS) is 13.7. The standard InChI is InChI=1S/C15H24N2O3/c1-14(2,3)11(12(18)17-9-7-8-10-17)16-13(19)20-15(4,5)6/h7-11H,1-6H3,(H,16,19)/t11-/m1/s1. The SMILES string of the molecule is CC(C)(C)OC(=O)N[C@H](C(=O)n1cccc1)C(C)(C)C. The highest BCUT2D eigenvalue weighted by atomic mass is 16.6. The van der Waals surface area contributed by atoms with Crippen LogP contribution < -0.4 is 5.32 Å². The Morgan fingerprint density at radius 2 is 1.55 bits per heavy atom. The fraction of sp³-hybridized carbons (Fsp3) is 0.600. The molecule has 1 N–H and O–H groups in total. The van der Waals surface area contributed by atoms with Crippen LogP contribution in [0, 0.1) is 5.41 Å². The molecule has 0 radical (unpaired) electrons. The summed E-state index contributed by atoms with van der Waals surface area (Å²) in [5, 5.41) is 2.67. The van der Waals surface area contributed by atoms with E-state index < -0.39 is 23.2 Å². The zero-order valence-electron chi connectivity index (χ0n) is 13.1. The lowest BCUT2D eigenvalue weighted by Crippen LogP contribution is -2.51. The summed E-state index contributed by atoms with van der Waals surface area (Å²) in [6, 6.07) is 2.88. The molecule has 0 saturated carbocycles. The van der Waals surface area contributed by atoms with E-state index in [4.69, 9.17) is 4.74 Å². The van der Waals surface area contributed by atoms with Gasteiger partial charge in [0.2, 0.25) is 0 Å². The molecule has 5 nitrogen and oxygen atoms in total. The molecule has 0 unspecified atom stereocenters. The van der Waals surface area contributed by atoms with Crippen LogP contribution in [0.5, 0.6) is 0 Å². The van der Waals surface area contributed by atoms with Crippen molar-refractivity contribution < 1.29 is 14.3 Å². The van der Waals surface area contributed by atoms with Crippen LogP contribution in [0.15, 0.2) is 24.5 Å². The topological polar surface area (TPSA) is 60.3 Å². The van der Waals surface area contributed by atoms with Crippen molar-refractivity contribution >= 4 is 12.0 Å². The molecule has 5 heteroatoms. The molecule has 1 aromatic rings. The average molecular weight is 280 g/mol. The Hall–Kier alpha value is -1.78. The molecule has 0 spiro atoms. The average Bonchev–Trinajstić information content (AvgIpc) is 2.74. The Bertz CT molecular complexity index is 464. The minimum atomic E-state index is -0.662. The van der Waals surface area contributed by atoms with E-state index in [9.17, 15) is 9.59 Å². The highest BCUT2D eigenvalue weighted by Gasteiger charge is 2.34. The van der Waals surface area contributed by atoms with Crippen molar-refractivity contribution in [2.24, 2.45) is 5.41 Å². The summed E-state index contributed by atoms with van der Waals surface area (Å²) >= 11 is 0. The lowest BCUT2D eigenvalue weighted by molar-refractivity contribution is 0.0430. The third-order valence-electron chi connectivity index (χ3n) is 2.63. The zero-order chi connectivity index (χ0) is 15.6. The predicted molar refractivity (Wildman–Crippen MR) is 77.7 cm³/mol. The maximum atomic E-state index is 12.4. The lowest BCUT2D eigenvalue weighted by Gasteiger charge is -2.31. The van der Waals surface area contributed by atoms with Crippen molar-refractivity contribution in [2.75, 3.05) is 0 Å². The maximum Gasteiger partial charge on any atom is 0.408 e. The smallest absolute Gasteiger partial charge is 0.408 e. The summed E-state index contributed by atoms with van der Waals surface area (Å²) < 4.78 is 6.68. The van der Waals surface area contributed by atoms with Crippen LogP contribution in [-0.4, -0.2) is 28.2 Å². The first-order chi connectivity index (χ1) is 9.00. The number of hydrogen-bond donors (Lipinski definition) is 1. The molecule has 0 fully saturated rings. The second-order valence-electron chi connectivity index (χ2n) is 6.87. The monoisotopic (exact) mass is 280 g/mol. The largest absolute Gasteiger partial charge is 0.444 e. The number of amides is 1. The number of nitrogens with one attached hydrogen (secondary N) is 1. The van der Waals surface area contributed by atoms with Gasteiger partial charge in [0.15, 0.2) is 0 Å². The maximum absolute atomic E-state index is 12.4. The first kappa shape index (κ1) is 16.3. The van der Waals surface area contributed by atoms with Crippen LogP contribution in [0.4, 0.5) is 4.79 Å². The number of nitrogens with zero attached hydrogens (tertiary/aromatic N) is 1. The van der Waals surface area contributed by atoms with Gasteiger partial charge in [-0.2, -0.15) is 0 Å². The number of rotatable bonds is 2. The number of carbonyl (C=O) groups excluding carboxylic acids is 2. The first-order valence-electron chi connectivity index (χ1n) is 6.67. The highest BCUT2D eigenvalue weighted by molar-refractivity contribution is 5.88. The molecule has 0 aliphatic rings. The van der Waals surface area contributed by atoms with Gasteiger partial charge in [-0.15, -0.1) is 0 Å². The Morgan fingerprint density at radius 1 is 1.05 bits per heavy atom. The van der Waals surface area contributed by atoms with E-state index in [1.54, 1.807) is 45.3 Å². The van der Waals surface area contributed by atoms with E-state index >= 15 is 0 Å². The summed E-state index contributed by atoms with van der Waals surface area (Å²) in [7, 11) is 0. The summed E-state index contributed by atoms with van der Waals surface area (Å²) in [4.78, 5) is 24.3. The highest BCUT2D eigenvalue weighted by Crippen LogP contribution is 2.21. The van der Waals surface area contributed by atoms with Crippen LogP contribution in [0.2, 0.25) is 0 Å². The molecule has 112 valence electrons. The fourth-order valence-electron chi connectivity index (χ4n) is 1.70. The first-order valence-corrected chi connectivity index (χ1v) is 6.67. The minimum Gasteiger partial charge on any atom is -0.444 e. The molecule has 0 aliphatic carbocycles. The molecule has 1 aromatic heterocycles. The molecule has 0 aromatic carbocycles. The Kier molecular flexibility index (Phi) is 4.63. The minimum absolute atomic E-state index is 0.187. The quantitative estimate of drug-likeness (QED) is 0.905. The van der Waals surface area contributed by atoms with Gasteiger partial charge in [0.25, 0.3) is 5.91 Å². The fourth-order valence-corrected chi connectivity index (χ4v) is 1.70. The lowest BCUT2D eigenvalue weighted by atomic mass is 9.86. The third kappa shape index (κ3) is 4.72. The number of ether oxygens (including phenoxy) is 1. The molecule has 0 bridgehead atoms. The molecule has 1 amide bonds. The van der Waals surface area contributed by atoms with E-state index in [-0.39, 0.29) is 5.91 Å². The van der Waals surface area contributed by atoms with Gasteiger partial charge >= 0.3 is 6.09 Å². The molecule has 0 aliphatic heterocycles. The number of carbonyl (C=O) groups is 2. The second-order valence-corrected chi connectivity index (χ2v) is 6.87. The van der Waals surface area contributed by atoms with Crippen molar-refractivity contribution in [2.45, 2.75) is 53.2 Å². The molecule has 20 heavy (non-hydrogen) atoms. The van der Waals surface area contributed by atoms with Crippen LogP contribution >= 0.6 is 0 Å². The van der Waals surface area contributed by atoms with Gasteiger partial charge in [-0.25, -0.2) is 4.79 Å². The van der Waals surface area contributed by atoms with Crippen molar-refractivity contribution in [3.63, 3.8) is 0 Å². The third-order valence-corrected chi connectivity index (χ3v) is 2.63. The van der Waals surface area contributed by atoms with E-state index in [0.717, 1.165) is 0 Å². The van der Waals surface area contributed by atoms with Gasteiger partial charge in [0, 0.05) is 12.4 Å². The molecule has 0 saturated heterocycles. The Balaban J connectivity index is 2.87. The van der Waals surface area contributed by atoms with Gasteiger partial charge in [-0.05, 0) is 38.3 Å². The molecule has 1 rings (SSSR count). The van der Waals surface area contributed by atoms with Crippen LogP contribution in [0.3, 0.4) is 0 Å². The van der Waals surface area contributed by atoms with Crippen LogP contribution in [-0.2, 0) is 4.74 Å². The summed E-state index contributed by atoms with van der Waals surface area (Å²) in [6.07, 6.45) is 2.74. The van der Waals surface area contributed by atoms with E-state index in [1.165, 1.54) is 4.57 Å². The number of aromatic nitrogens is 1. The summed E-state index contributed by atoms with van der Waals surface area (Å²) in [6.45, 7) is 11.1. The van der Waals surface area contributed by atoms with Crippen molar-refractivity contribution in [1.29, 1.82) is 0 Å². The van der Waals surface area contributed by atoms with Crippen molar-refractivity contribution in [3.8, 4) is 0 Å². The zero-order valence-corrected chi connectivity index (χ0v) is 13.1. The van der Waals surface area contributed by atoms with Gasteiger partial charge < -0.3 is 10.1 Å². The number of alkyl carbamates (subject to hydrolysis) is 1. The Morgan fingerprint density at radius 3 is 1.95 bits per heavy atom. The second kappa shape index (κ2) is 5.69. The van der Waals surface area contributed by atoms with Crippen LogP contribution in [0.1, 0.15) is 46.3 Å². The molecular weight excluding hydrogens is 256 g/mol. The number of hydrogen-bond acceptors (Lipinski definition) is 3. The molecule has 1 heterocycles. The van der Waals surface area contributed by atoms with Gasteiger partial charge in [0.05, 0.1) is 0 Å². The van der Waals surface area contributed by atoms with Crippen molar-refractivity contribution in [1.82, 2.24) is 9.88 Å². The van der Waals surface area contributed by atoms with Crippen LogP contribution in [0.25, 0.3) is 0 Å². The summed E-state index contributed by atoms with van der Waals surface area (Å²) in [5.41, 5.74) is -1.01. The van der Waals surface area contributed by atoms with E-state index in [1.807, 2.05) is 20.8 Å². The van der Waals surface area contributed by atoms with Gasteiger partial charge in [0.1, 0.15) is 11.6 Å². The predicted octanol–water partition coefficient (Wildman–Crippen LogP) is 3.07. The van der Waals surface area contributed by atoms with Gasteiger partial charge in [-0.3, -0.25) is 9.36 Å². The van der Waals surface area contributed by atoms with E-state index in [2.05, 4.69) is 5.32 Å². The molecular formula is C15H24N2O3. The summed E-state index contributed by atoms with van der Waals surface area (Å²) in [5.74, 6) is -0.187. The van der Waals surface area contributed by atoms with Crippen molar-refractivity contribution in [3.05, 3.63) is 24.5 Å². The molecule has 1 atom stereocenters. The van der Waals surface area contributed by atoms with Gasteiger partial charge in [-0.1, -0.05) is 20.8 Å².